The number of aromatic hydroxyl groups is 2. The van der Waals surface area contributed by atoms with Crippen LogP contribution < -0.4 is 5.01 Å². The Balaban J connectivity index is 1.87. The molecule has 1 heterocycles. The fourth-order valence-corrected chi connectivity index (χ4v) is 2.43. The largest absolute Gasteiger partial charge is 0.508 e. The second-order valence-corrected chi connectivity index (χ2v) is 5.19. The van der Waals surface area contributed by atoms with Gasteiger partial charge in [-0.25, -0.2) is 0 Å². The first-order valence-electron chi connectivity index (χ1n) is 6.92. The standard InChI is InChI=1S/C16H11F3N2O3/c17-16(18,19)10-1-3-11(4-2-10)20-8-7-14(21(20)24)13-9-12(22)5-6-15(13)23/h1-7,9H,8H2,(H-,22,23)/p+1. The summed E-state index contributed by atoms with van der Waals surface area (Å²) >= 11 is 0. The molecule has 0 radical (unpaired) electrons. The van der Waals surface area contributed by atoms with Crippen LogP contribution >= 0.6 is 0 Å². The van der Waals surface area contributed by atoms with Crippen LogP contribution in [0.1, 0.15) is 11.1 Å². The monoisotopic (exact) mass is 337 g/mol. The zero-order chi connectivity index (χ0) is 17.5. The van der Waals surface area contributed by atoms with E-state index in [0.717, 1.165) is 12.1 Å². The van der Waals surface area contributed by atoms with E-state index in [2.05, 4.69) is 0 Å². The van der Waals surface area contributed by atoms with Crippen LogP contribution in [0.5, 0.6) is 11.5 Å². The number of nitrogens with zero attached hydrogens (tertiary/aromatic N) is 2. The number of nitroso groups, excluding NO2 is 1. The Morgan fingerprint density at radius 2 is 1.71 bits per heavy atom. The molecule has 0 aliphatic carbocycles. The molecule has 5 nitrogen and oxygen atoms in total. The number of halogens is 3. The van der Waals surface area contributed by atoms with Crippen molar-refractivity contribution >= 4 is 11.4 Å². The number of phenolic OH excluding ortho intramolecular Hbond substituents is 2. The molecule has 0 fully saturated rings. The van der Waals surface area contributed by atoms with Crippen LogP contribution in [0, 0.1) is 4.91 Å². The van der Waals surface area contributed by atoms with Crippen molar-refractivity contribution in [2.75, 3.05) is 11.6 Å². The van der Waals surface area contributed by atoms with Gasteiger partial charge in [-0.15, -0.1) is 0 Å². The summed E-state index contributed by atoms with van der Waals surface area (Å²) in [6, 6.07) is 7.96. The Morgan fingerprint density at radius 3 is 2.33 bits per heavy atom. The lowest BCUT2D eigenvalue weighted by molar-refractivity contribution is -0.460. The predicted octanol–water partition coefficient (Wildman–Crippen LogP) is 3.67. The summed E-state index contributed by atoms with van der Waals surface area (Å²) in [6.45, 7) is 0.124. The molecule has 124 valence electrons. The summed E-state index contributed by atoms with van der Waals surface area (Å²) < 4.78 is 37.8. The first-order chi connectivity index (χ1) is 11.3. The average Bonchev–Trinajstić information content (AvgIpc) is 2.90. The highest BCUT2D eigenvalue weighted by Crippen LogP contribution is 2.35. The van der Waals surface area contributed by atoms with Crippen LogP contribution in [0.15, 0.2) is 48.5 Å². The highest BCUT2D eigenvalue weighted by molar-refractivity contribution is 5.68. The van der Waals surface area contributed by atoms with Gasteiger partial charge in [-0.1, -0.05) is 5.01 Å². The van der Waals surface area contributed by atoms with E-state index in [4.69, 9.17) is 0 Å². The summed E-state index contributed by atoms with van der Waals surface area (Å²) in [6.07, 6.45) is -2.93. The van der Waals surface area contributed by atoms with E-state index in [1.165, 1.54) is 41.4 Å². The molecule has 2 N–H and O–H groups in total. The van der Waals surface area contributed by atoms with Gasteiger partial charge in [0.1, 0.15) is 23.7 Å². The molecular formula is C16H12F3N2O3+. The summed E-state index contributed by atoms with van der Waals surface area (Å²) in [4.78, 5) is 12.9. The first-order valence-corrected chi connectivity index (χ1v) is 6.92. The van der Waals surface area contributed by atoms with Crippen LogP contribution in [0.25, 0.3) is 5.70 Å². The molecular weight excluding hydrogens is 325 g/mol. The van der Waals surface area contributed by atoms with E-state index in [1.54, 1.807) is 0 Å². The summed E-state index contributed by atoms with van der Waals surface area (Å²) in [7, 11) is 0. The second-order valence-electron chi connectivity index (χ2n) is 5.19. The van der Waals surface area contributed by atoms with Crippen LogP contribution in [0.4, 0.5) is 18.9 Å². The SMILES string of the molecule is O=[N+]1C(c2cc(O)ccc2O)=CCN1c1ccc(C(F)(F)F)cc1. The van der Waals surface area contributed by atoms with Crippen LogP contribution in [-0.2, 0) is 6.18 Å². The molecule has 1 aliphatic rings. The number of benzene rings is 2. The van der Waals surface area contributed by atoms with E-state index in [1.807, 2.05) is 0 Å². The average molecular weight is 337 g/mol. The van der Waals surface area contributed by atoms with Crippen LogP contribution in [-0.4, -0.2) is 21.6 Å². The molecule has 1 aliphatic heterocycles. The van der Waals surface area contributed by atoms with E-state index in [9.17, 15) is 28.3 Å². The molecule has 0 unspecified atom stereocenters. The highest BCUT2D eigenvalue weighted by Gasteiger charge is 2.37. The smallest absolute Gasteiger partial charge is 0.416 e. The molecule has 2 aromatic carbocycles. The fourth-order valence-electron chi connectivity index (χ4n) is 2.43. The lowest BCUT2D eigenvalue weighted by Crippen LogP contribution is -2.27. The molecule has 0 saturated carbocycles. The van der Waals surface area contributed by atoms with Crippen molar-refractivity contribution in [2.45, 2.75) is 6.18 Å². The molecule has 0 bridgehead atoms. The van der Waals surface area contributed by atoms with Gasteiger partial charge < -0.3 is 10.2 Å². The van der Waals surface area contributed by atoms with Gasteiger partial charge in [0, 0.05) is 6.08 Å². The molecule has 0 saturated heterocycles. The van der Waals surface area contributed by atoms with Gasteiger partial charge in [-0.2, -0.15) is 13.2 Å². The number of anilines is 1. The maximum Gasteiger partial charge on any atom is 0.416 e. The van der Waals surface area contributed by atoms with Crippen molar-refractivity contribution in [2.24, 2.45) is 0 Å². The van der Waals surface area contributed by atoms with Gasteiger partial charge in [-0.05, 0) is 42.5 Å². The third kappa shape index (κ3) is 2.78. The van der Waals surface area contributed by atoms with Gasteiger partial charge in [0.15, 0.2) is 4.87 Å². The van der Waals surface area contributed by atoms with Crippen LogP contribution in [0.3, 0.4) is 0 Å². The van der Waals surface area contributed by atoms with Crippen molar-refractivity contribution < 1.29 is 28.3 Å². The fraction of sp³-hybridized carbons (Fsp3) is 0.125. The molecule has 3 rings (SSSR count). The quantitative estimate of drug-likeness (QED) is 0.648. The topological polar surface area (TPSA) is 63.8 Å². The summed E-state index contributed by atoms with van der Waals surface area (Å²) in [5, 5.41) is 20.5. The van der Waals surface area contributed by atoms with E-state index in [0.29, 0.717) is 4.87 Å². The zero-order valence-corrected chi connectivity index (χ0v) is 12.2. The van der Waals surface area contributed by atoms with Crippen molar-refractivity contribution in [1.29, 1.82) is 0 Å². The molecule has 8 heteroatoms. The predicted molar refractivity (Wildman–Crippen MR) is 80.2 cm³/mol. The van der Waals surface area contributed by atoms with Gasteiger partial charge in [-0.3, -0.25) is 0 Å². The normalized spacial score (nSPS) is 14.9. The number of rotatable bonds is 2. The number of hydrogen-bond acceptors (Lipinski definition) is 3. The summed E-state index contributed by atoms with van der Waals surface area (Å²) in [5.74, 6) is -0.306. The number of phenols is 2. The second kappa shape index (κ2) is 5.55. The van der Waals surface area contributed by atoms with Crippen molar-refractivity contribution in [3.8, 4) is 11.5 Å². The van der Waals surface area contributed by atoms with Crippen molar-refractivity contribution in [3.63, 3.8) is 0 Å². The Labute approximate surface area is 134 Å². The maximum atomic E-state index is 12.6. The van der Waals surface area contributed by atoms with Gasteiger partial charge in [0.2, 0.25) is 0 Å². The highest BCUT2D eigenvalue weighted by atomic mass is 19.4. The van der Waals surface area contributed by atoms with Gasteiger partial charge in [0.25, 0.3) is 0 Å². The lowest BCUT2D eigenvalue weighted by atomic mass is 10.1. The number of hydrazine groups is 1. The minimum atomic E-state index is -4.45. The molecule has 0 aromatic heterocycles. The molecule has 0 atom stereocenters. The Kier molecular flexibility index (Phi) is 3.67. The molecule has 2 aromatic rings. The molecule has 0 spiro atoms. The Morgan fingerprint density at radius 1 is 1.04 bits per heavy atom. The Hall–Kier alpha value is -3.03. The Bertz CT molecular complexity index is 829. The van der Waals surface area contributed by atoms with Gasteiger partial charge >= 0.3 is 11.9 Å². The third-order valence-corrected chi connectivity index (χ3v) is 3.63. The lowest BCUT2D eigenvalue weighted by Gasteiger charge is -2.11. The first kappa shape index (κ1) is 15.9. The van der Waals surface area contributed by atoms with Crippen molar-refractivity contribution in [1.82, 2.24) is 0 Å². The van der Waals surface area contributed by atoms with E-state index >= 15 is 0 Å². The molecule has 0 amide bonds. The number of hydrogen-bond donors (Lipinski definition) is 2. The van der Waals surface area contributed by atoms with Gasteiger partial charge in [0.05, 0.1) is 16.0 Å². The minimum Gasteiger partial charge on any atom is -0.508 e. The van der Waals surface area contributed by atoms with E-state index in [-0.39, 0.29) is 35.0 Å². The van der Waals surface area contributed by atoms with Crippen LogP contribution in [0.2, 0.25) is 0 Å². The summed E-state index contributed by atoms with van der Waals surface area (Å²) in [5.41, 5.74) is -0.284. The third-order valence-electron chi connectivity index (χ3n) is 3.63. The van der Waals surface area contributed by atoms with Crippen molar-refractivity contribution in [3.05, 3.63) is 64.6 Å². The minimum absolute atomic E-state index is 0.100. The maximum absolute atomic E-state index is 12.6. The zero-order valence-electron chi connectivity index (χ0n) is 12.2. The molecule has 24 heavy (non-hydrogen) atoms. The van der Waals surface area contributed by atoms with E-state index < -0.39 is 11.7 Å². The number of alkyl halides is 3.